The van der Waals surface area contributed by atoms with Crippen LogP contribution in [0.1, 0.15) is 36.9 Å². The molecule has 1 saturated heterocycles. The number of likely N-dealkylation sites (tertiary alicyclic amines) is 1. The molecule has 7 nitrogen and oxygen atoms in total. The number of hydrogen-bond acceptors (Lipinski definition) is 5. The van der Waals surface area contributed by atoms with Crippen molar-refractivity contribution in [3.63, 3.8) is 0 Å². The standard InChI is InChI=1S/C18H22N4O3/c1-24-15-3-2-4-16(9-15)25-12-18(23)21-8-7-14(10-21)22-11-17(19-20-22)13-5-6-13/h2-4,9,11,13-14H,5-8,10,12H2,1H3. The van der Waals surface area contributed by atoms with Crippen LogP contribution in [0.5, 0.6) is 11.5 Å². The Kier molecular flexibility index (Phi) is 4.29. The number of rotatable bonds is 6. The van der Waals surface area contributed by atoms with Crippen molar-refractivity contribution >= 4 is 5.91 Å². The largest absolute Gasteiger partial charge is 0.497 e. The van der Waals surface area contributed by atoms with Crippen LogP contribution in [0.4, 0.5) is 0 Å². The maximum absolute atomic E-state index is 12.4. The van der Waals surface area contributed by atoms with Crippen LogP contribution in [0.15, 0.2) is 30.5 Å². The molecule has 7 heteroatoms. The molecule has 1 saturated carbocycles. The van der Waals surface area contributed by atoms with E-state index in [0.29, 0.717) is 24.0 Å². The fourth-order valence-electron chi connectivity index (χ4n) is 3.15. The quantitative estimate of drug-likeness (QED) is 0.803. The number of benzene rings is 1. The van der Waals surface area contributed by atoms with Crippen LogP contribution in [0.2, 0.25) is 0 Å². The summed E-state index contributed by atoms with van der Waals surface area (Å²) >= 11 is 0. The summed E-state index contributed by atoms with van der Waals surface area (Å²) in [6.07, 6.45) is 5.38. The molecular formula is C18H22N4O3. The molecule has 2 aromatic rings. The molecule has 1 amide bonds. The van der Waals surface area contributed by atoms with Gasteiger partial charge in [0.1, 0.15) is 11.5 Å². The van der Waals surface area contributed by atoms with E-state index in [0.717, 1.165) is 18.7 Å². The van der Waals surface area contributed by atoms with E-state index in [9.17, 15) is 4.79 Å². The Bertz CT molecular complexity index is 756. The predicted octanol–water partition coefficient (Wildman–Crippen LogP) is 2.02. The van der Waals surface area contributed by atoms with Gasteiger partial charge in [-0.2, -0.15) is 0 Å². The zero-order valence-corrected chi connectivity index (χ0v) is 14.3. The van der Waals surface area contributed by atoms with Crippen molar-refractivity contribution in [2.45, 2.75) is 31.2 Å². The van der Waals surface area contributed by atoms with E-state index < -0.39 is 0 Å². The monoisotopic (exact) mass is 342 g/mol. The Balaban J connectivity index is 1.30. The Labute approximate surface area is 146 Å². The van der Waals surface area contributed by atoms with Crippen LogP contribution in [-0.4, -0.2) is 52.6 Å². The van der Waals surface area contributed by atoms with E-state index in [1.165, 1.54) is 12.8 Å². The average Bonchev–Trinajstić information content (AvgIpc) is 3.18. The first kappa shape index (κ1) is 15.9. The summed E-state index contributed by atoms with van der Waals surface area (Å²) in [6.45, 7) is 1.42. The molecule has 25 heavy (non-hydrogen) atoms. The maximum Gasteiger partial charge on any atom is 0.260 e. The Morgan fingerprint density at radius 2 is 2.12 bits per heavy atom. The molecule has 1 atom stereocenters. The second-order valence-electron chi connectivity index (χ2n) is 6.65. The topological polar surface area (TPSA) is 69.5 Å². The van der Waals surface area contributed by atoms with Crippen molar-refractivity contribution in [3.8, 4) is 11.5 Å². The fraction of sp³-hybridized carbons (Fsp3) is 0.500. The fourth-order valence-corrected chi connectivity index (χ4v) is 3.15. The first-order valence-corrected chi connectivity index (χ1v) is 8.69. The summed E-state index contributed by atoms with van der Waals surface area (Å²) in [4.78, 5) is 14.2. The van der Waals surface area contributed by atoms with Crippen LogP contribution < -0.4 is 9.47 Å². The van der Waals surface area contributed by atoms with Crippen LogP contribution in [0, 0.1) is 0 Å². The van der Waals surface area contributed by atoms with Gasteiger partial charge in [-0.15, -0.1) is 5.10 Å². The summed E-state index contributed by atoms with van der Waals surface area (Å²) in [5, 5.41) is 8.51. The number of aromatic nitrogens is 3. The summed E-state index contributed by atoms with van der Waals surface area (Å²) in [7, 11) is 1.60. The van der Waals surface area contributed by atoms with Crippen molar-refractivity contribution < 1.29 is 14.3 Å². The third-order valence-corrected chi connectivity index (χ3v) is 4.82. The highest BCUT2D eigenvalue weighted by molar-refractivity contribution is 5.78. The minimum absolute atomic E-state index is 0.00662. The molecule has 1 aliphatic carbocycles. The third-order valence-electron chi connectivity index (χ3n) is 4.82. The summed E-state index contributed by atoms with van der Waals surface area (Å²) in [5.74, 6) is 1.94. The van der Waals surface area contributed by atoms with Gasteiger partial charge in [0.25, 0.3) is 5.91 Å². The molecule has 0 bridgehead atoms. The highest BCUT2D eigenvalue weighted by Crippen LogP contribution is 2.39. The predicted molar refractivity (Wildman–Crippen MR) is 90.7 cm³/mol. The smallest absolute Gasteiger partial charge is 0.260 e. The minimum Gasteiger partial charge on any atom is -0.497 e. The number of amides is 1. The van der Waals surface area contributed by atoms with Crippen molar-refractivity contribution in [3.05, 3.63) is 36.2 Å². The summed E-state index contributed by atoms with van der Waals surface area (Å²) in [5.41, 5.74) is 1.09. The SMILES string of the molecule is COc1cccc(OCC(=O)N2CCC(n3cc(C4CC4)nn3)C2)c1. The van der Waals surface area contributed by atoms with Crippen LogP contribution in [0.3, 0.4) is 0 Å². The van der Waals surface area contributed by atoms with Gasteiger partial charge in [0.05, 0.1) is 18.8 Å². The lowest BCUT2D eigenvalue weighted by Crippen LogP contribution is -2.33. The van der Waals surface area contributed by atoms with Gasteiger partial charge in [0, 0.05) is 31.3 Å². The van der Waals surface area contributed by atoms with Crippen molar-refractivity contribution in [1.82, 2.24) is 19.9 Å². The number of ether oxygens (including phenoxy) is 2. The molecule has 0 radical (unpaired) electrons. The van der Waals surface area contributed by atoms with Crippen LogP contribution in [0.25, 0.3) is 0 Å². The second-order valence-corrected chi connectivity index (χ2v) is 6.65. The van der Waals surface area contributed by atoms with Crippen molar-refractivity contribution in [2.75, 3.05) is 26.8 Å². The molecule has 0 N–H and O–H groups in total. The third kappa shape index (κ3) is 3.60. The lowest BCUT2D eigenvalue weighted by atomic mass is 10.2. The molecule has 132 valence electrons. The normalized spacial score (nSPS) is 19.9. The Morgan fingerprint density at radius 1 is 1.28 bits per heavy atom. The van der Waals surface area contributed by atoms with Gasteiger partial charge in [0.15, 0.2) is 6.61 Å². The number of methoxy groups -OCH3 is 1. The highest BCUT2D eigenvalue weighted by atomic mass is 16.5. The molecular weight excluding hydrogens is 320 g/mol. The van der Waals surface area contributed by atoms with Gasteiger partial charge < -0.3 is 14.4 Å². The Morgan fingerprint density at radius 3 is 2.92 bits per heavy atom. The number of hydrogen-bond donors (Lipinski definition) is 0. The van der Waals surface area contributed by atoms with Crippen LogP contribution in [-0.2, 0) is 4.79 Å². The van der Waals surface area contributed by atoms with Crippen molar-refractivity contribution in [2.24, 2.45) is 0 Å². The van der Waals surface area contributed by atoms with Gasteiger partial charge >= 0.3 is 0 Å². The van der Waals surface area contributed by atoms with E-state index in [1.807, 2.05) is 34.0 Å². The highest BCUT2D eigenvalue weighted by Gasteiger charge is 2.31. The lowest BCUT2D eigenvalue weighted by molar-refractivity contribution is -0.132. The second kappa shape index (κ2) is 6.74. The van der Waals surface area contributed by atoms with Gasteiger partial charge in [0.2, 0.25) is 0 Å². The zero-order chi connectivity index (χ0) is 17.2. The molecule has 1 aromatic heterocycles. The molecule has 2 aliphatic rings. The lowest BCUT2D eigenvalue weighted by Gasteiger charge is -2.17. The maximum atomic E-state index is 12.4. The van der Waals surface area contributed by atoms with Gasteiger partial charge in [-0.25, -0.2) is 4.68 Å². The first-order valence-electron chi connectivity index (χ1n) is 8.69. The zero-order valence-electron chi connectivity index (χ0n) is 14.3. The van der Waals surface area contributed by atoms with E-state index >= 15 is 0 Å². The van der Waals surface area contributed by atoms with Crippen LogP contribution >= 0.6 is 0 Å². The summed E-state index contributed by atoms with van der Waals surface area (Å²) < 4.78 is 12.7. The molecule has 2 fully saturated rings. The molecule has 1 aliphatic heterocycles. The summed E-state index contributed by atoms with van der Waals surface area (Å²) in [6, 6.07) is 7.48. The molecule has 1 aromatic carbocycles. The molecule has 2 heterocycles. The van der Waals surface area contributed by atoms with Gasteiger partial charge in [-0.1, -0.05) is 11.3 Å². The average molecular weight is 342 g/mol. The van der Waals surface area contributed by atoms with Gasteiger partial charge in [-0.05, 0) is 31.4 Å². The van der Waals surface area contributed by atoms with Gasteiger partial charge in [-0.3, -0.25) is 4.79 Å². The van der Waals surface area contributed by atoms with E-state index in [2.05, 4.69) is 10.3 Å². The first-order chi connectivity index (χ1) is 12.2. The molecule has 0 spiro atoms. The number of nitrogens with zero attached hydrogens (tertiary/aromatic N) is 4. The van der Waals surface area contributed by atoms with E-state index in [-0.39, 0.29) is 18.6 Å². The number of carbonyl (C=O) groups is 1. The number of carbonyl (C=O) groups excluding carboxylic acids is 1. The Hall–Kier alpha value is -2.57. The van der Waals surface area contributed by atoms with E-state index in [1.54, 1.807) is 13.2 Å². The molecule has 1 unspecified atom stereocenters. The van der Waals surface area contributed by atoms with E-state index in [4.69, 9.17) is 9.47 Å². The van der Waals surface area contributed by atoms with Crippen molar-refractivity contribution in [1.29, 1.82) is 0 Å². The molecule has 4 rings (SSSR count). The minimum atomic E-state index is -0.00662.